The van der Waals surface area contributed by atoms with Gasteiger partial charge in [-0.25, -0.2) is 8.42 Å². The van der Waals surface area contributed by atoms with Crippen molar-refractivity contribution in [3.63, 3.8) is 0 Å². The second kappa shape index (κ2) is 15.8. The van der Waals surface area contributed by atoms with E-state index in [9.17, 15) is 18.0 Å². The summed E-state index contributed by atoms with van der Waals surface area (Å²) in [6.45, 7) is 7.01. The number of sulfonamides is 1. The van der Waals surface area contributed by atoms with E-state index < -0.39 is 28.5 Å². The molecule has 7 nitrogen and oxygen atoms in total. The van der Waals surface area contributed by atoms with Crippen molar-refractivity contribution in [2.45, 2.75) is 64.1 Å². The third-order valence-corrected chi connectivity index (χ3v) is 10.6. The molecule has 0 saturated carbocycles. The smallest absolute Gasteiger partial charge is 0.264 e. The molecule has 2 amide bonds. The lowest BCUT2D eigenvalue weighted by Crippen LogP contribution is -2.54. The maximum Gasteiger partial charge on any atom is 0.264 e. The summed E-state index contributed by atoms with van der Waals surface area (Å²) in [4.78, 5) is 30.1. The van der Waals surface area contributed by atoms with Crippen LogP contribution in [0.5, 0.6) is 0 Å². The van der Waals surface area contributed by atoms with Crippen LogP contribution in [-0.4, -0.2) is 43.8 Å². The quantitative estimate of drug-likeness (QED) is 0.155. The highest BCUT2D eigenvalue weighted by atomic mass is 79.9. The Bertz CT molecular complexity index is 1770. The highest BCUT2D eigenvalue weighted by Gasteiger charge is 2.35. The standard InChI is InChI=1S/C36H39BrClN3O4S/c1-5-26(3)39-36(43)34(22-28-11-7-6-8-12-28)40(23-29-13-9-14-30(37)21-29)35(42)24-41(33-16-10-15-32(38)27(33)4)46(44,45)31-19-17-25(2)18-20-31/h6-21,26,34H,5,22-24H2,1-4H3,(H,39,43)/t26-,34-/m0/s1. The summed E-state index contributed by atoms with van der Waals surface area (Å²) in [5, 5.41) is 3.42. The highest BCUT2D eigenvalue weighted by Crippen LogP contribution is 2.31. The number of aryl methyl sites for hydroxylation is 1. The van der Waals surface area contributed by atoms with Crippen molar-refractivity contribution < 1.29 is 18.0 Å². The van der Waals surface area contributed by atoms with E-state index in [0.29, 0.717) is 17.0 Å². The normalized spacial score (nSPS) is 12.7. The number of rotatable bonds is 13. The first-order valence-electron chi connectivity index (χ1n) is 15.1. The van der Waals surface area contributed by atoms with Crippen LogP contribution < -0.4 is 9.62 Å². The molecule has 2 atom stereocenters. The molecule has 46 heavy (non-hydrogen) atoms. The molecule has 4 aromatic carbocycles. The minimum atomic E-state index is -4.23. The molecule has 0 aliphatic rings. The van der Waals surface area contributed by atoms with Crippen LogP contribution in [0.1, 0.15) is 42.5 Å². The molecule has 0 spiro atoms. The maximum atomic E-state index is 14.6. The number of hydrogen-bond acceptors (Lipinski definition) is 4. The van der Waals surface area contributed by atoms with Crippen molar-refractivity contribution in [3.05, 3.63) is 129 Å². The zero-order chi connectivity index (χ0) is 33.4. The zero-order valence-electron chi connectivity index (χ0n) is 26.4. The number of amides is 2. The van der Waals surface area contributed by atoms with E-state index in [1.54, 1.807) is 37.3 Å². The molecule has 0 aliphatic heterocycles. The van der Waals surface area contributed by atoms with Crippen molar-refractivity contribution >= 4 is 55.1 Å². The van der Waals surface area contributed by atoms with Gasteiger partial charge in [-0.3, -0.25) is 13.9 Å². The molecule has 0 heterocycles. The monoisotopic (exact) mass is 723 g/mol. The number of benzene rings is 4. The first-order chi connectivity index (χ1) is 21.9. The molecule has 0 aromatic heterocycles. The third kappa shape index (κ3) is 8.78. The molecule has 0 radical (unpaired) electrons. The van der Waals surface area contributed by atoms with Gasteiger partial charge in [0.15, 0.2) is 0 Å². The van der Waals surface area contributed by atoms with Gasteiger partial charge in [-0.1, -0.05) is 101 Å². The van der Waals surface area contributed by atoms with Gasteiger partial charge >= 0.3 is 0 Å². The third-order valence-electron chi connectivity index (χ3n) is 7.91. The van der Waals surface area contributed by atoms with Crippen LogP contribution >= 0.6 is 27.5 Å². The van der Waals surface area contributed by atoms with E-state index >= 15 is 0 Å². The fourth-order valence-corrected chi connectivity index (χ4v) is 7.13. The summed E-state index contributed by atoms with van der Waals surface area (Å²) in [6.07, 6.45) is 0.948. The summed E-state index contributed by atoms with van der Waals surface area (Å²) in [6, 6.07) is 27.4. The van der Waals surface area contributed by atoms with Gasteiger partial charge in [-0.05, 0) is 80.3 Å². The molecular weight excluding hydrogens is 686 g/mol. The highest BCUT2D eigenvalue weighted by molar-refractivity contribution is 9.10. The van der Waals surface area contributed by atoms with Crippen molar-refractivity contribution in [1.29, 1.82) is 0 Å². The topological polar surface area (TPSA) is 86.8 Å². The SMILES string of the molecule is CC[C@H](C)NC(=O)[C@H](Cc1ccccc1)N(Cc1cccc(Br)c1)C(=O)CN(c1cccc(Cl)c1C)S(=O)(=O)c1ccc(C)cc1. The van der Waals surface area contributed by atoms with Gasteiger partial charge in [-0.2, -0.15) is 0 Å². The van der Waals surface area contributed by atoms with Gasteiger partial charge in [-0.15, -0.1) is 0 Å². The lowest BCUT2D eigenvalue weighted by molar-refractivity contribution is -0.140. The van der Waals surface area contributed by atoms with Gasteiger partial charge in [0.05, 0.1) is 10.6 Å². The largest absolute Gasteiger partial charge is 0.352 e. The van der Waals surface area contributed by atoms with Gasteiger partial charge in [0.1, 0.15) is 12.6 Å². The van der Waals surface area contributed by atoms with Crippen molar-refractivity contribution in [3.8, 4) is 0 Å². The van der Waals surface area contributed by atoms with E-state index in [2.05, 4.69) is 21.2 Å². The van der Waals surface area contributed by atoms with E-state index in [1.165, 1.54) is 17.0 Å². The van der Waals surface area contributed by atoms with Gasteiger partial charge in [0, 0.05) is 28.5 Å². The van der Waals surface area contributed by atoms with E-state index in [0.717, 1.165) is 25.5 Å². The predicted octanol–water partition coefficient (Wildman–Crippen LogP) is 7.47. The second-order valence-electron chi connectivity index (χ2n) is 11.4. The number of halogens is 2. The number of hydrogen-bond donors (Lipinski definition) is 1. The lowest BCUT2D eigenvalue weighted by atomic mass is 10.0. The fourth-order valence-electron chi connectivity index (χ4n) is 5.04. The van der Waals surface area contributed by atoms with E-state index in [-0.39, 0.29) is 35.5 Å². The minimum Gasteiger partial charge on any atom is -0.352 e. The van der Waals surface area contributed by atoms with Crippen LogP contribution in [0.4, 0.5) is 5.69 Å². The summed E-state index contributed by atoms with van der Waals surface area (Å²) in [5.41, 5.74) is 3.35. The number of carbonyl (C=O) groups excluding carboxylic acids is 2. The van der Waals surface area contributed by atoms with Crippen LogP contribution in [0.15, 0.2) is 106 Å². The molecule has 10 heteroatoms. The molecule has 0 bridgehead atoms. The number of anilines is 1. The van der Waals surface area contributed by atoms with Gasteiger partial charge in [0.25, 0.3) is 10.0 Å². The van der Waals surface area contributed by atoms with Crippen molar-refractivity contribution in [2.75, 3.05) is 10.8 Å². The summed E-state index contributed by atoms with van der Waals surface area (Å²) in [5.74, 6) is -0.844. The Morgan fingerprint density at radius 3 is 2.20 bits per heavy atom. The Morgan fingerprint density at radius 2 is 1.54 bits per heavy atom. The van der Waals surface area contributed by atoms with Crippen LogP contribution in [0, 0.1) is 13.8 Å². The summed E-state index contributed by atoms with van der Waals surface area (Å²) < 4.78 is 30.5. The lowest BCUT2D eigenvalue weighted by Gasteiger charge is -2.34. The van der Waals surface area contributed by atoms with E-state index in [1.807, 2.05) is 75.4 Å². The molecule has 1 N–H and O–H groups in total. The number of nitrogens with zero attached hydrogens (tertiary/aromatic N) is 2. The molecule has 0 saturated heterocycles. The molecule has 0 fully saturated rings. The first kappa shape index (κ1) is 35.2. The molecule has 4 aromatic rings. The average molecular weight is 725 g/mol. The Morgan fingerprint density at radius 1 is 0.891 bits per heavy atom. The minimum absolute atomic E-state index is 0.0409. The first-order valence-corrected chi connectivity index (χ1v) is 17.7. The molecule has 0 aliphatic carbocycles. The molecule has 0 unspecified atom stereocenters. The summed E-state index contributed by atoms with van der Waals surface area (Å²) >= 11 is 9.98. The van der Waals surface area contributed by atoms with Gasteiger partial charge in [0.2, 0.25) is 11.8 Å². The maximum absolute atomic E-state index is 14.6. The predicted molar refractivity (Wildman–Crippen MR) is 188 cm³/mol. The average Bonchev–Trinajstić information content (AvgIpc) is 3.03. The Hall–Kier alpha value is -3.66. The van der Waals surface area contributed by atoms with Gasteiger partial charge < -0.3 is 10.2 Å². The van der Waals surface area contributed by atoms with Crippen molar-refractivity contribution in [1.82, 2.24) is 10.2 Å². The number of nitrogens with one attached hydrogen (secondary N) is 1. The molecular formula is C36H39BrClN3O4S. The number of carbonyl (C=O) groups is 2. The van der Waals surface area contributed by atoms with Crippen molar-refractivity contribution in [2.24, 2.45) is 0 Å². The van der Waals surface area contributed by atoms with Crippen LogP contribution in [-0.2, 0) is 32.6 Å². The Balaban J connectivity index is 1.84. The van der Waals surface area contributed by atoms with E-state index in [4.69, 9.17) is 11.6 Å². The fraction of sp³-hybridized carbons (Fsp3) is 0.278. The zero-order valence-corrected chi connectivity index (χ0v) is 29.6. The molecule has 4 rings (SSSR count). The molecule has 242 valence electrons. The van der Waals surface area contributed by atoms with Crippen LogP contribution in [0.2, 0.25) is 5.02 Å². The Kier molecular flexibility index (Phi) is 12.1. The Labute approximate surface area is 285 Å². The van der Waals surface area contributed by atoms with Crippen LogP contribution in [0.25, 0.3) is 0 Å². The second-order valence-corrected chi connectivity index (χ2v) is 14.6. The van der Waals surface area contributed by atoms with Crippen LogP contribution in [0.3, 0.4) is 0 Å². The summed E-state index contributed by atoms with van der Waals surface area (Å²) in [7, 11) is -4.23.